The molecule has 0 aliphatic carbocycles. The van der Waals surface area contributed by atoms with E-state index in [2.05, 4.69) is 4.90 Å². The highest BCUT2D eigenvalue weighted by Gasteiger charge is 2.44. The first-order valence-corrected chi connectivity index (χ1v) is 9.93. The summed E-state index contributed by atoms with van der Waals surface area (Å²) in [7, 11) is 0. The third kappa shape index (κ3) is 3.44. The van der Waals surface area contributed by atoms with Gasteiger partial charge in [-0.2, -0.15) is 0 Å². The SMILES string of the molecule is CCOc1ccc(CC(=O)N2C[C@@H]3C[C@@H](C2)C2CCCC(=O)N2C3)cc1. The van der Waals surface area contributed by atoms with Gasteiger partial charge in [-0.05, 0) is 55.7 Å². The summed E-state index contributed by atoms with van der Waals surface area (Å²) in [5.41, 5.74) is 1.03. The molecule has 3 heterocycles. The van der Waals surface area contributed by atoms with Crippen LogP contribution in [0.25, 0.3) is 0 Å². The van der Waals surface area contributed by atoms with Crippen LogP contribution in [0.4, 0.5) is 0 Å². The maximum atomic E-state index is 12.8. The molecule has 4 rings (SSSR count). The van der Waals surface area contributed by atoms with Gasteiger partial charge in [0.2, 0.25) is 11.8 Å². The number of hydrogen-bond donors (Lipinski definition) is 0. The lowest BCUT2D eigenvalue weighted by molar-refractivity contribution is -0.148. The fourth-order valence-electron chi connectivity index (χ4n) is 4.97. The predicted molar refractivity (Wildman–Crippen MR) is 98.8 cm³/mol. The van der Waals surface area contributed by atoms with Gasteiger partial charge in [-0.25, -0.2) is 0 Å². The molecule has 5 nitrogen and oxygen atoms in total. The van der Waals surface area contributed by atoms with Crippen LogP contribution in [0, 0.1) is 11.8 Å². The summed E-state index contributed by atoms with van der Waals surface area (Å²) in [5, 5.41) is 0. The molecule has 3 aliphatic rings. The van der Waals surface area contributed by atoms with Crippen molar-refractivity contribution in [3.8, 4) is 5.75 Å². The average Bonchev–Trinajstić information content (AvgIpc) is 2.64. The summed E-state index contributed by atoms with van der Waals surface area (Å²) in [6, 6.07) is 8.18. The van der Waals surface area contributed by atoms with E-state index in [-0.39, 0.29) is 5.91 Å². The third-order valence-corrected chi connectivity index (χ3v) is 6.12. The number of hydrogen-bond acceptors (Lipinski definition) is 3. The lowest BCUT2D eigenvalue weighted by Crippen LogP contribution is -2.61. The molecule has 2 amide bonds. The number of carbonyl (C=O) groups excluding carboxylic acids is 2. The van der Waals surface area contributed by atoms with Crippen molar-refractivity contribution in [2.75, 3.05) is 26.2 Å². The Morgan fingerprint density at radius 1 is 1.19 bits per heavy atom. The van der Waals surface area contributed by atoms with Crippen molar-refractivity contribution in [2.45, 2.75) is 45.1 Å². The largest absolute Gasteiger partial charge is 0.494 e. The Kier molecular flexibility index (Phi) is 4.88. The highest BCUT2D eigenvalue weighted by atomic mass is 16.5. The van der Waals surface area contributed by atoms with Crippen LogP contribution in [0.15, 0.2) is 24.3 Å². The maximum Gasteiger partial charge on any atom is 0.227 e. The minimum absolute atomic E-state index is 0.208. The summed E-state index contributed by atoms with van der Waals surface area (Å²) in [4.78, 5) is 29.2. The minimum Gasteiger partial charge on any atom is -0.494 e. The van der Waals surface area contributed by atoms with E-state index in [0.717, 1.165) is 43.8 Å². The Bertz CT molecular complexity index is 672. The average molecular weight is 356 g/mol. The van der Waals surface area contributed by atoms with Gasteiger partial charge in [0.05, 0.1) is 13.0 Å². The molecule has 0 spiro atoms. The number of carbonyl (C=O) groups is 2. The Balaban J connectivity index is 1.39. The van der Waals surface area contributed by atoms with E-state index in [1.807, 2.05) is 36.1 Å². The van der Waals surface area contributed by atoms with E-state index in [1.165, 1.54) is 6.42 Å². The molecule has 1 unspecified atom stereocenters. The summed E-state index contributed by atoms with van der Waals surface area (Å²) in [6.07, 6.45) is 4.42. The Morgan fingerprint density at radius 2 is 2.00 bits per heavy atom. The van der Waals surface area contributed by atoms with Crippen molar-refractivity contribution >= 4 is 11.8 Å². The zero-order chi connectivity index (χ0) is 18.1. The molecule has 140 valence electrons. The van der Waals surface area contributed by atoms with Crippen molar-refractivity contribution in [1.82, 2.24) is 9.80 Å². The molecule has 26 heavy (non-hydrogen) atoms. The van der Waals surface area contributed by atoms with Gasteiger partial charge in [-0.1, -0.05) is 12.1 Å². The van der Waals surface area contributed by atoms with Crippen LogP contribution in [-0.4, -0.2) is 53.9 Å². The third-order valence-electron chi connectivity index (χ3n) is 6.12. The number of likely N-dealkylation sites (tertiary alicyclic amines) is 1. The van der Waals surface area contributed by atoms with Crippen LogP contribution in [0.2, 0.25) is 0 Å². The van der Waals surface area contributed by atoms with E-state index in [4.69, 9.17) is 4.74 Å². The minimum atomic E-state index is 0.208. The van der Waals surface area contributed by atoms with Crippen LogP contribution < -0.4 is 4.74 Å². The monoisotopic (exact) mass is 356 g/mol. The predicted octanol–water partition coefficient (Wildman–Crippen LogP) is 2.49. The summed E-state index contributed by atoms with van der Waals surface area (Å²) >= 11 is 0. The molecule has 0 N–H and O–H groups in total. The van der Waals surface area contributed by atoms with Crippen molar-refractivity contribution < 1.29 is 14.3 Å². The van der Waals surface area contributed by atoms with Gasteiger partial charge in [0.25, 0.3) is 0 Å². The first-order chi connectivity index (χ1) is 12.6. The van der Waals surface area contributed by atoms with Crippen molar-refractivity contribution in [2.24, 2.45) is 11.8 Å². The quantitative estimate of drug-likeness (QED) is 0.833. The van der Waals surface area contributed by atoms with E-state index in [1.54, 1.807) is 0 Å². The van der Waals surface area contributed by atoms with Crippen molar-refractivity contribution in [3.05, 3.63) is 29.8 Å². The maximum absolute atomic E-state index is 12.8. The van der Waals surface area contributed by atoms with Gasteiger partial charge in [0.1, 0.15) is 5.75 Å². The van der Waals surface area contributed by atoms with Crippen molar-refractivity contribution in [1.29, 1.82) is 0 Å². The summed E-state index contributed by atoms with van der Waals surface area (Å²) in [6.45, 7) is 5.05. The van der Waals surface area contributed by atoms with Gasteiger partial charge in [0.15, 0.2) is 0 Å². The molecule has 0 radical (unpaired) electrons. The zero-order valence-electron chi connectivity index (χ0n) is 15.5. The number of benzene rings is 1. The first kappa shape index (κ1) is 17.4. The topological polar surface area (TPSA) is 49.9 Å². The normalized spacial score (nSPS) is 27.9. The van der Waals surface area contributed by atoms with E-state index >= 15 is 0 Å². The smallest absolute Gasteiger partial charge is 0.227 e. The van der Waals surface area contributed by atoms with Gasteiger partial charge in [-0.15, -0.1) is 0 Å². The molecule has 0 aromatic heterocycles. The number of amides is 2. The number of nitrogens with zero attached hydrogens (tertiary/aromatic N) is 2. The second kappa shape index (κ2) is 7.29. The van der Waals surface area contributed by atoms with Crippen molar-refractivity contribution in [3.63, 3.8) is 0 Å². The van der Waals surface area contributed by atoms with Crippen LogP contribution in [0.1, 0.15) is 38.2 Å². The van der Waals surface area contributed by atoms with E-state index in [9.17, 15) is 9.59 Å². The lowest BCUT2D eigenvalue weighted by Gasteiger charge is -2.52. The molecule has 3 saturated heterocycles. The Labute approximate surface area is 155 Å². The molecular weight excluding hydrogens is 328 g/mol. The van der Waals surface area contributed by atoms with Gasteiger partial charge in [0, 0.05) is 32.1 Å². The molecule has 1 aromatic rings. The zero-order valence-corrected chi connectivity index (χ0v) is 15.5. The molecule has 2 bridgehead atoms. The van der Waals surface area contributed by atoms with E-state index in [0.29, 0.717) is 43.2 Å². The molecule has 3 atom stereocenters. The number of rotatable bonds is 4. The van der Waals surface area contributed by atoms with Gasteiger partial charge in [-0.3, -0.25) is 9.59 Å². The Hall–Kier alpha value is -2.04. The molecule has 0 saturated carbocycles. The van der Waals surface area contributed by atoms with Gasteiger partial charge >= 0.3 is 0 Å². The van der Waals surface area contributed by atoms with Crippen LogP contribution in [0.3, 0.4) is 0 Å². The number of piperidine rings is 3. The second-order valence-electron chi connectivity index (χ2n) is 7.92. The first-order valence-electron chi connectivity index (χ1n) is 9.93. The number of fused-ring (bicyclic) bond motifs is 4. The standard InChI is InChI=1S/C21H28N2O3/c1-2-26-18-8-6-15(7-9-18)11-21(25)22-12-16-10-17(14-22)19-4-3-5-20(24)23(19)13-16/h6-9,16-17,19H,2-5,10-14H2,1H3/t16-,17-,19?/m0/s1. The molecule has 1 aromatic carbocycles. The number of ether oxygens (including phenoxy) is 1. The molecule has 3 fully saturated rings. The fraction of sp³-hybridized carbons (Fsp3) is 0.619. The second-order valence-corrected chi connectivity index (χ2v) is 7.92. The lowest BCUT2D eigenvalue weighted by atomic mass is 9.76. The van der Waals surface area contributed by atoms with Gasteiger partial charge < -0.3 is 14.5 Å². The molecule has 3 aliphatic heterocycles. The summed E-state index contributed by atoms with van der Waals surface area (Å²) < 4.78 is 5.46. The fourth-order valence-corrected chi connectivity index (χ4v) is 4.97. The Morgan fingerprint density at radius 3 is 2.77 bits per heavy atom. The molecular formula is C21H28N2O3. The van der Waals surface area contributed by atoms with Crippen LogP contribution in [0.5, 0.6) is 5.75 Å². The summed E-state index contributed by atoms with van der Waals surface area (Å²) in [5.74, 6) is 2.27. The highest BCUT2D eigenvalue weighted by Crippen LogP contribution is 2.38. The van der Waals surface area contributed by atoms with Crippen LogP contribution >= 0.6 is 0 Å². The van der Waals surface area contributed by atoms with E-state index < -0.39 is 0 Å². The highest BCUT2D eigenvalue weighted by molar-refractivity contribution is 5.79. The van der Waals surface area contributed by atoms with Crippen LogP contribution in [-0.2, 0) is 16.0 Å². The molecule has 5 heteroatoms.